The average molecular weight is 394 g/mol. The number of ether oxygens (including phenoxy) is 2. The van der Waals surface area contributed by atoms with E-state index in [1.807, 2.05) is 18.2 Å². The Kier molecular flexibility index (Phi) is 5.79. The molecule has 1 aliphatic heterocycles. The zero-order valence-electron chi connectivity index (χ0n) is 15.9. The van der Waals surface area contributed by atoms with Gasteiger partial charge in [0.2, 0.25) is 0 Å². The molecule has 1 fully saturated rings. The van der Waals surface area contributed by atoms with Crippen molar-refractivity contribution in [1.82, 2.24) is 4.90 Å². The van der Waals surface area contributed by atoms with E-state index in [0.29, 0.717) is 6.61 Å². The van der Waals surface area contributed by atoms with Crippen LogP contribution in [0.2, 0.25) is 0 Å². The van der Waals surface area contributed by atoms with Crippen LogP contribution in [0.4, 0.5) is 0 Å². The van der Waals surface area contributed by atoms with Crippen LogP contribution in [-0.2, 0) is 15.0 Å². The molecule has 28 heavy (non-hydrogen) atoms. The van der Waals surface area contributed by atoms with E-state index in [-0.39, 0.29) is 18.3 Å². The smallest absolute Gasteiger partial charge is 0.146 e. The predicted octanol–water partition coefficient (Wildman–Crippen LogP) is 4.85. The van der Waals surface area contributed by atoms with Crippen molar-refractivity contribution in [2.24, 2.45) is 0 Å². The minimum Gasteiger partial charge on any atom is -0.359 e. The Morgan fingerprint density at radius 1 is 0.786 bits per heavy atom. The molecule has 0 amide bonds. The van der Waals surface area contributed by atoms with Gasteiger partial charge < -0.3 is 9.47 Å². The first-order chi connectivity index (χ1) is 13.8. The Morgan fingerprint density at radius 3 is 1.61 bits per heavy atom. The molecule has 1 saturated heterocycles. The summed E-state index contributed by atoms with van der Waals surface area (Å²) in [6, 6.07) is 31.8. The summed E-state index contributed by atoms with van der Waals surface area (Å²) in [4.78, 5) is 2.34. The van der Waals surface area contributed by atoms with Gasteiger partial charge in [-0.25, -0.2) is 0 Å². The van der Waals surface area contributed by atoms with Gasteiger partial charge in [0.15, 0.2) is 0 Å². The van der Waals surface area contributed by atoms with Crippen LogP contribution in [0.1, 0.15) is 16.7 Å². The predicted molar refractivity (Wildman–Crippen MR) is 112 cm³/mol. The second-order valence-corrected chi connectivity index (χ2v) is 7.38. The third-order valence-corrected chi connectivity index (χ3v) is 5.80. The van der Waals surface area contributed by atoms with Gasteiger partial charge in [-0.2, -0.15) is 0 Å². The maximum Gasteiger partial charge on any atom is 0.146 e. The molecule has 1 aliphatic rings. The lowest BCUT2D eigenvalue weighted by atomic mass is 9.76. The van der Waals surface area contributed by atoms with Crippen LogP contribution >= 0.6 is 11.6 Å². The van der Waals surface area contributed by atoms with E-state index in [4.69, 9.17) is 21.1 Å². The van der Waals surface area contributed by atoms with Crippen LogP contribution in [-0.4, -0.2) is 37.0 Å². The molecular weight excluding hydrogens is 370 g/mol. The van der Waals surface area contributed by atoms with Crippen LogP contribution in [0.15, 0.2) is 91.0 Å². The van der Waals surface area contributed by atoms with Crippen molar-refractivity contribution >= 4 is 11.6 Å². The van der Waals surface area contributed by atoms with Gasteiger partial charge in [0.1, 0.15) is 12.3 Å². The van der Waals surface area contributed by atoms with E-state index in [2.05, 4.69) is 77.7 Å². The first-order valence-corrected chi connectivity index (χ1v) is 9.89. The summed E-state index contributed by atoms with van der Waals surface area (Å²) in [5.74, 6) is 0. The number of benzene rings is 3. The monoisotopic (exact) mass is 393 g/mol. The fourth-order valence-corrected chi connectivity index (χ4v) is 4.50. The molecule has 1 heterocycles. The number of hydrogen-bond donors (Lipinski definition) is 0. The molecule has 3 aromatic rings. The SMILES string of the molecule is COCOC[C@@H]1[C@H](Cl)N1C(c1ccccc1)(c1ccccc1)c1ccccc1. The lowest BCUT2D eigenvalue weighted by Crippen LogP contribution is -2.40. The summed E-state index contributed by atoms with van der Waals surface area (Å²) in [6.07, 6.45) is 0. The van der Waals surface area contributed by atoms with Crippen LogP contribution < -0.4 is 0 Å². The van der Waals surface area contributed by atoms with Gasteiger partial charge in [-0.3, -0.25) is 4.90 Å². The molecule has 3 aromatic carbocycles. The molecule has 3 nitrogen and oxygen atoms in total. The molecule has 1 unspecified atom stereocenters. The van der Waals surface area contributed by atoms with Gasteiger partial charge in [-0.1, -0.05) is 91.0 Å². The number of hydrogen-bond acceptors (Lipinski definition) is 3. The van der Waals surface area contributed by atoms with Crippen LogP contribution in [0.3, 0.4) is 0 Å². The Balaban J connectivity index is 1.88. The van der Waals surface area contributed by atoms with E-state index in [0.717, 1.165) is 0 Å². The summed E-state index contributed by atoms with van der Waals surface area (Å²) >= 11 is 6.84. The standard InChI is InChI=1S/C24H24ClNO2/c1-27-18-28-17-22-23(25)26(22)24(19-11-5-2-6-12-19,20-13-7-3-8-14-20)21-15-9-4-10-16-21/h2-16,22-23H,17-18H2,1H3/t22-,23-,26?/m1/s1. The lowest BCUT2D eigenvalue weighted by Gasteiger charge is -2.38. The van der Waals surface area contributed by atoms with E-state index < -0.39 is 5.54 Å². The number of alkyl halides is 1. The second-order valence-electron chi connectivity index (χ2n) is 6.93. The molecule has 0 saturated carbocycles. The third kappa shape index (κ3) is 3.36. The fraction of sp³-hybridized carbons (Fsp3) is 0.250. The third-order valence-electron chi connectivity index (χ3n) is 5.30. The van der Waals surface area contributed by atoms with Crippen LogP contribution in [0.5, 0.6) is 0 Å². The Morgan fingerprint density at radius 2 is 1.21 bits per heavy atom. The van der Waals surface area contributed by atoms with E-state index in [1.54, 1.807) is 7.11 Å². The molecule has 3 atom stereocenters. The van der Waals surface area contributed by atoms with Gasteiger partial charge in [-0.15, -0.1) is 11.6 Å². The molecular formula is C24H24ClNO2. The normalized spacial score (nSPS) is 21.4. The summed E-state index contributed by atoms with van der Waals surface area (Å²) in [6.45, 7) is 0.791. The zero-order chi connectivity index (χ0) is 19.4. The van der Waals surface area contributed by atoms with Crippen molar-refractivity contribution in [3.63, 3.8) is 0 Å². The van der Waals surface area contributed by atoms with Crippen molar-refractivity contribution in [2.45, 2.75) is 17.1 Å². The van der Waals surface area contributed by atoms with Crippen molar-refractivity contribution in [3.05, 3.63) is 108 Å². The number of halogens is 1. The minimum absolute atomic E-state index is 0.0948. The quantitative estimate of drug-likeness (QED) is 0.136. The van der Waals surface area contributed by atoms with E-state index in [1.165, 1.54) is 16.7 Å². The number of methoxy groups -OCH3 is 1. The maximum absolute atomic E-state index is 6.84. The summed E-state index contributed by atoms with van der Waals surface area (Å²) in [5, 5.41) is 0. The molecule has 144 valence electrons. The summed E-state index contributed by atoms with van der Waals surface area (Å²) < 4.78 is 10.7. The molecule has 4 rings (SSSR count). The average Bonchev–Trinajstić information content (AvgIpc) is 3.41. The van der Waals surface area contributed by atoms with E-state index in [9.17, 15) is 0 Å². The van der Waals surface area contributed by atoms with Crippen LogP contribution in [0, 0.1) is 0 Å². The fourth-order valence-electron chi connectivity index (χ4n) is 4.08. The molecule has 0 radical (unpaired) electrons. The molecule has 0 bridgehead atoms. The largest absolute Gasteiger partial charge is 0.359 e. The molecule has 4 heteroatoms. The highest BCUT2D eigenvalue weighted by Crippen LogP contribution is 2.52. The summed E-state index contributed by atoms with van der Waals surface area (Å²) in [7, 11) is 1.63. The number of rotatable bonds is 8. The Labute approximate surface area is 171 Å². The Bertz CT molecular complexity index is 776. The van der Waals surface area contributed by atoms with Gasteiger partial charge in [0.05, 0.1) is 18.2 Å². The maximum atomic E-state index is 6.84. The van der Waals surface area contributed by atoms with Gasteiger partial charge in [0, 0.05) is 7.11 Å². The highest BCUT2D eigenvalue weighted by molar-refractivity contribution is 6.22. The first kappa shape index (κ1) is 19.2. The van der Waals surface area contributed by atoms with Crippen LogP contribution in [0.25, 0.3) is 0 Å². The minimum atomic E-state index is -0.489. The Hall–Kier alpha value is -2.17. The van der Waals surface area contributed by atoms with Gasteiger partial charge in [0.25, 0.3) is 0 Å². The van der Waals surface area contributed by atoms with Gasteiger partial charge >= 0.3 is 0 Å². The first-order valence-electron chi connectivity index (χ1n) is 9.46. The van der Waals surface area contributed by atoms with Crippen molar-refractivity contribution in [3.8, 4) is 0 Å². The number of nitrogens with zero attached hydrogens (tertiary/aromatic N) is 1. The van der Waals surface area contributed by atoms with Crippen molar-refractivity contribution in [1.29, 1.82) is 0 Å². The summed E-state index contributed by atoms with van der Waals surface area (Å²) in [5.41, 5.74) is 2.95. The topological polar surface area (TPSA) is 21.5 Å². The molecule has 0 N–H and O–H groups in total. The zero-order valence-corrected chi connectivity index (χ0v) is 16.6. The molecule has 0 spiro atoms. The second kappa shape index (κ2) is 8.46. The van der Waals surface area contributed by atoms with E-state index >= 15 is 0 Å². The highest BCUT2D eigenvalue weighted by atomic mass is 35.5. The molecule has 0 aliphatic carbocycles. The van der Waals surface area contributed by atoms with Crippen molar-refractivity contribution in [2.75, 3.05) is 20.5 Å². The van der Waals surface area contributed by atoms with Gasteiger partial charge in [-0.05, 0) is 16.7 Å². The highest BCUT2D eigenvalue weighted by Gasteiger charge is 2.59. The van der Waals surface area contributed by atoms with Crippen molar-refractivity contribution < 1.29 is 9.47 Å². The molecule has 0 aromatic heterocycles. The lowest BCUT2D eigenvalue weighted by molar-refractivity contribution is -0.0333.